The van der Waals surface area contributed by atoms with E-state index in [0.29, 0.717) is 5.96 Å². The minimum Gasteiger partial charge on any atom is -0.370 e. The van der Waals surface area contributed by atoms with Gasteiger partial charge in [0.25, 0.3) is 0 Å². The minimum atomic E-state index is 0. The highest BCUT2D eigenvalue weighted by Crippen LogP contribution is 1.92. The normalized spacial score (nSPS) is 11.1. The molecule has 0 saturated carbocycles. The summed E-state index contributed by atoms with van der Waals surface area (Å²) >= 11 is 0. The van der Waals surface area contributed by atoms with Gasteiger partial charge in [-0.2, -0.15) is 5.10 Å². The molecule has 1 heterocycles. The predicted octanol–water partition coefficient (Wildman–Crippen LogP) is 1.51. The fourth-order valence-corrected chi connectivity index (χ4v) is 1.30. The SMILES string of the molecule is CCCCN=C(N)NCCn1cc(C)cn1.I. The number of rotatable bonds is 6. The van der Waals surface area contributed by atoms with Crippen LogP contribution in [0.3, 0.4) is 0 Å². The van der Waals surface area contributed by atoms with Crippen molar-refractivity contribution in [1.82, 2.24) is 15.1 Å². The topological polar surface area (TPSA) is 68.2 Å². The highest BCUT2D eigenvalue weighted by atomic mass is 127. The van der Waals surface area contributed by atoms with Crippen molar-refractivity contribution in [3.05, 3.63) is 18.0 Å². The predicted molar refractivity (Wildman–Crippen MR) is 81.8 cm³/mol. The summed E-state index contributed by atoms with van der Waals surface area (Å²) in [5, 5.41) is 7.25. The molecule has 0 unspecified atom stereocenters. The molecule has 1 aromatic heterocycles. The monoisotopic (exact) mass is 351 g/mol. The zero-order valence-corrected chi connectivity index (χ0v) is 12.8. The number of nitrogens with zero attached hydrogens (tertiary/aromatic N) is 3. The fraction of sp³-hybridized carbons (Fsp3) is 0.636. The summed E-state index contributed by atoms with van der Waals surface area (Å²) in [6.45, 7) is 6.52. The van der Waals surface area contributed by atoms with Crippen molar-refractivity contribution in [3.8, 4) is 0 Å². The Morgan fingerprint density at radius 1 is 1.59 bits per heavy atom. The third-order valence-corrected chi connectivity index (χ3v) is 2.20. The Hall–Kier alpha value is -0.790. The van der Waals surface area contributed by atoms with Gasteiger partial charge < -0.3 is 11.1 Å². The number of aryl methyl sites for hydroxylation is 1. The lowest BCUT2D eigenvalue weighted by molar-refractivity contribution is 0.601. The van der Waals surface area contributed by atoms with E-state index in [1.165, 1.54) is 5.56 Å². The van der Waals surface area contributed by atoms with Crippen molar-refractivity contribution < 1.29 is 0 Å². The maximum absolute atomic E-state index is 5.69. The Bertz CT molecular complexity index is 334. The summed E-state index contributed by atoms with van der Waals surface area (Å²) in [5.41, 5.74) is 6.86. The Morgan fingerprint density at radius 2 is 2.35 bits per heavy atom. The average Bonchev–Trinajstić information content (AvgIpc) is 2.65. The van der Waals surface area contributed by atoms with Crippen molar-refractivity contribution in [1.29, 1.82) is 0 Å². The van der Waals surface area contributed by atoms with Crippen LogP contribution in [-0.2, 0) is 6.54 Å². The molecule has 1 rings (SSSR count). The zero-order chi connectivity index (χ0) is 11.8. The zero-order valence-electron chi connectivity index (χ0n) is 10.5. The van der Waals surface area contributed by atoms with Crippen molar-refractivity contribution in [3.63, 3.8) is 0 Å². The van der Waals surface area contributed by atoms with Crippen molar-refractivity contribution in [2.75, 3.05) is 13.1 Å². The standard InChI is InChI=1S/C11H21N5.HI/c1-3-4-5-13-11(12)14-6-7-16-9-10(2)8-15-16;/h8-9H,3-7H2,1-2H3,(H3,12,13,14);1H. The molecule has 0 saturated heterocycles. The summed E-state index contributed by atoms with van der Waals surface area (Å²) in [7, 11) is 0. The number of nitrogens with two attached hydrogens (primary N) is 1. The van der Waals surface area contributed by atoms with Gasteiger partial charge in [0.05, 0.1) is 12.7 Å². The quantitative estimate of drug-likeness (QED) is 0.353. The van der Waals surface area contributed by atoms with Crippen LogP contribution in [0.4, 0.5) is 0 Å². The van der Waals surface area contributed by atoms with Gasteiger partial charge in [-0.1, -0.05) is 13.3 Å². The molecule has 98 valence electrons. The van der Waals surface area contributed by atoms with Gasteiger partial charge in [0.1, 0.15) is 0 Å². The Morgan fingerprint density at radius 3 is 2.94 bits per heavy atom. The highest BCUT2D eigenvalue weighted by Gasteiger charge is 1.94. The summed E-state index contributed by atoms with van der Waals surface area (Å²) in [6, 6.07) is 0. The first-order chi connectivity index (χ1) is 7.72. The van der Waals surface area contributed by atoms with Gasteiger partial charge in [-0.15, -0.1) is 24.0 Å². The number of aromatic nitrogens is 2. The Kier molecular flexibility index (Phi) is 8.83. The molecule has 3 N–H and O–H groups in total. The van der Waals surface area contributed by atoms with Crippen LogP contribution >= 0.6 is 24.0 Å². The molecule has 0 spiro atoms. The minimum absolute atomic E-state index is 0. The third-order valence-electron chi connectivity index (χ3n) is 2.20. The van der Waals surface area contributed by atoms with E-state index in [9.17, 15) is 0 Å². The molecule has 0 atom stereocenters. The van der Waals surface area contributed by atoms with E-state index in [4.69, 9.17) is 5.73 Å². The number of hydrogen-bond donors (Lipinski definition) is 2. The molecule has 6 heteroatoms. The first-order valence-corrected chi connectivity index (χ1v) is 5.75. The first-order valence-electron chi connectivity index (χ1n) is 5.75. The second kappa shape index (κ2) is 9.26. The smallest absolute Gasteiger partial charge is 0.188 e. The lowest BCUT2D eigenvalue weighted by Gasteiger charge is -2.05. The van der Waals surface area contributed by atoms with Crippen LogP contribution in [-0.4, -0.2) is 28.8 Å². The van der Waals surface area contributed by atoms with Crippen molar-refractivity contribution in [2.24, 2.45) is 10.7 Å². The van der Waals surface area contributed by atoms with Gasteiger partial charge in [-0.3, -0.25) is 9.67 Å². The number of nitrogens with one attached hydrogen (secondary N) is 1. The molecular weight excluding hydrogens is 329 g/mol. The van der Waals surface area contributed by atoms with Crippen LogP contribution in [0, 0.1) is 6.92 Å². The lowest BCUT2D eigenvalue weighted by atomic mass is 10.3. The molecule has 1 aromatic rings. The number of guanidine groups is 1. The Labute approximate surface area is 120 Å². The molecular formula is C11H22IN5. The Balaban J connectivity index is 0.00000256. The highest BCUT2D eigenvalue weighted by molar-refractivity contribution is 14.0. The lowest BCUT2D eigenvalue weighted by Crippen LogP contribution is -2.34. The van der Waals surface area contributed by atoms with Crippen molar-refractivity contribution >= 4 is 29.9 Å². The first kappa shape index (κ1) is 16.2. The van der Waals surface area contributed by atoms with Crippen LogP contribution < -0.4 is 11.1 Å². The summed E-state index contributed by atoms with van der Waals surface area (Å²) in [6.07, 6.45) is 6.08. The van der Waals surface area contributed by atoms with E-state index >= 15 is 0 Å². The van der Waals surface area contributed by atoms with Gasteiger partial charge in [-0.05, 0) is 18.9 Å². The molecule has 0 amide bonds. The molecule has 0 aliphatic carbocycles. The number of hydrogen-bond acceptors (Lipinski definition) is 2. The van der Waals surface area contributed by atoms with Gasteiger partial charge >= 0.3 is 0 Å². The molecule has 0 aliphatic heterocycles. The van der Waals surface area contributed by atoms with Crippen LogP contribution in [0.25, 0.3) is 0 Å². The van der Waals surface area contributed by atoms with Crippen LogP contribution in [0.2, 0.25) is 0 Å². The van der Waals surface area contributed by atoms with Crippen LogP contribution in [0.15, 0.2) is 17.4 Å². The summed E-state index contributed by atoms with van der Waals surface area (Å²) < 4.78 is 1.89. The molecule has 0 aromatic carbocycles. The number of aliphatic imine (C=N–C) groups is 1. The van der Waals surface area contributed by atoms with Crippen LogP contribution in [0.5, 0.6) is 0 Å². The maximum atomic E-state index is 5.69. The second-order valence-corrected chi connectivity index (χ2v) is 3.83. The number of halogens is 1. The van der Waals surface area contributed by atoms with Gasteiger partial charge in [0.2, 0.25) is 0 Å². The maximum Gasteiger partial charge on any atom is 0.188 e. The molecule has 0 fully saturated rings. The van der Waals surface area contributed by atoms with E-state index in [2.05, 4.69) is 22.3 Å². The van der Waals surface area contributed by atoms with E-state index in [-0.39, 0.29) is 24.0 Å². The molecule has 5 nitrogen and oxygen atoms in total. The fourth-order valence-electron chi connectivity index (χ4n) is 1.30. The molecule has 0 aliphatic rings. The second-order valence-electron chi connectivity index (χ2n) is 3.83. The largest absolute Gasteiger partial charge is 0.370 e. The third kappa shape index (κ3) is 7.19. The summed E-state index contributed by atoms with van der Waals surface area (Å²) in [5.74, 6) is 0.525. The number of unbranched alkanes of at least 4 members (excludes halogenated alkanes) is 1. The van der Waals surface area contributed by atoms with Crippen LogP contribution in [0.1, 0.15) is 25.3 Å². The molecule has 0 bridgehead atoms. The molecule has 0 radical (unpaired) electrons. The van der Waals surface area contributed by atoms with Gasteiger partial charge in [-0.25, -0.2) is 0 Å². The van der Waals surface area contributed by atoms with Gasteiger partial charge in [0.15, 0.2) is 5.96 Å². The van der Waals surface area contributed by atoms with E-state index in [0.717, 1.165) is 32.5 Å². The van der Waals surface area contributed by atoms with E-state index in [1.807, 2.05) is 24.0 Å². The van der Waals surface area contributed by atoms with E-state index < -0.39 is 0 Å². The molecule has 17 heavy (non-hydrogen) atoms. The van der Waals surface area contributed by atoms with Gasteiger partial charge in [0, 0.05) is 19.3 Å². The average molecular weight is 351 g/mol. The summed E-state index contributed by atoms with van der Waals surface area (Å²) in [4.78, 5) is 4.20. The van der Waals surface area contributed by atoms with Crippen molar-refractivity contribution in [2.45, 2.75) is 33.2 Å². The van der Waals surface area contributed by atoms with E-state index in [1.54, 1.807) is 0 Å².